The van der Waals surface area contributed by atoms with Crippen LogP contribution in [0.15, 0.2) is 12.9 Å². The second kappa shape index (κ2) is 2.91. The topological polar surface area (TPSA) is 69.9 Å². The van der Waals surface area contributed by atoms with Gasteiger partial charge in [-0.15, -0.1) is 5.10 Å². The zero-order chi connectivity index (χ0) is 8.27. The van der Waals surface area contributed by atoms with E-state index < -0.39 is 5.97 Å². The van der Waals surface area contributed by atoms with Crippen molar-refractivity contribution < 1.29 is 9.53 Å². The number of carbonyl (C=O) groups excluding carboxylic acids is 1. The first kappa shape index (κ1) is 7.39. The Kier molecular flexibility index (Phi) is 1.95. The molecule has 0 saturated heterocycles. The summed E-state index contributed by atoms with van der Waals surface area (Å²) in [5.74, 6) is -0.558. The van der Waals surface area contributed by atoms with Crippen LogP contribution in [0, 0.1) is 0 Å². The molecule has 6 nitrogen and oxygen atoms in total. The molecule has 0 aliphatic carbocycles. The lowest BCUT2D eigenvalue weighted by molar-refractivity contribution is -0.134. The first-order valence-electron chi connectivity index (χ1n) is 2.76. The van der Waals surface area contributed by atoms with Crippen molar-refractivity contribution in [3.63, 3.8) is 0 Å². The van der Waals surface area contributed by atoms with Crippen LogP contribution in [0.2, 0.25) is 0 Å². The molecule has 0 fully saturated rings. The van der Waals surface area contributed by atoms with Gasteiger partial charge in [0, 0.05) is 0 Å². The third-order valence-electron chi connectivity index (χ3n) is 1.05. The van der Waals surface area contributed by atoms with Crippen molar-refractivity contribution in [1.29, 1.82) is 0 Å². The highest BCUT2D eigenvalue weighted by molar-refractivity contribution is 6.08. The summed E-state index contributed by atoms with van der Waals surface area (Å²) >= 11 is 0. The zero-order valence-corrected chi connectivity index (χ0v) is 5.89. The lowest BCUT2D eigenvalue weighted by Crippen LogP contribution is -2.09. The SMILES string of the molecule is C=C(C(=O)OC)n1cnnn1. The number of methoxy groups -OCH3 is 1. The van der Waals surface area contributed by atoms with Crippen LogP contribution in [0.3, 0.4) is 0 Å². The van der Waals surface area contributed by atoms with Gasteiger partial charge in [-0.3, -0.25) is 0 Å². The number of hydrogen-bond acceptors (Lipinski definition) is 5. The zero-order valence-electron chi connectivity index (χ0n) is 5.89. The molecule has 0 saturated carbocycles. The molecule has 1 aromatic rings. The fraction of sp³-hybridized carbons (Fsp3) is 0.200. The van der Waals surface area contributed by atoms with Crippen molar-refractivity contribution in [3.8, 4) is 0 Å². The molecule has 0 bridgehead atoms. The first-order chi connectivity index (χ1) is 5.25. The van der Waals surface area contributed by atoms with Crippen LogP contribution in [0.5, 0.6) is 0 Å². The summed E-state index contributed by atoms with van der Waals surface area (Å²) in [6.45, 7) is 3.41. The van der Waals surface area contributed by atoms with Crippen LogP contribution in [0.1, 0.15) is 0 Å². The van der Waals surface area contributed by atoms with Gasteiger partial charge in [0.25, 0.3) is 0 Å². The van der Waals surface area contributed by atoms with E-state index in [-0.39, 0.29) is 5.70 Å². The van der Waals surface area contributed by atoms with Crippen molar-refractivity contribution in [2.24, 2.45) is 0 Å². The molecular formula is C5H6N4O2. The Morgan fingerprint density at radius 1 is 1.73 bits per heavy atom. The van der Waals surface area contributed by atoms with Gasteiger partial charge in [0.2, 0.25) is 0 Å². The molecule has 0 spiro atoms. The predicted molar refractivity (Wildman–Crippen MR) is 35.2 cm³/mol. The third-order valence-corrected chi connectivity index (χ3v) is 1.05. The molecule has 58 valence electrons. The van der Waals surface area contributed by atoms with E-state index in [1.54, 1.807) is 0 Å². The van der Waals surface area contributed by atoms with Gasteiger partial charge in [-0.2, -0.15) is 4.68 Å². The van der Waals surface area contributed by atoms with Gasteiger partial charge in [0.15, 0.2) is 0 Å². The van der Waals surface area contributed by atoms with Gasteiger partial charge in [-0.05, 0) is 10.4 Å². The van der Waals surface area contributed by atoms with E-state index in [1.165, 1.54) is 13.4 Å². The summed E-state index contributed by atoms with van der Waals surface area (Å²) in [4.78, 5) is 10.8. The van der Waals surface area contributed by atoms with Crippen LogP contribution in [0.4, 0.5) is 0 Å². The minimum Gasteiger partial charge on any atom is -0.464 e. The van der Waals surface area contributed by atoms with Crippen LogP contribution >= 0.6 is 0 Å². The maximum Gasteiger partial charge on any atom is 0.356 e. The largest absolute Gasteiger partial charge is 0.464 e. The van der Waals surface area contributed by atoms with Gasteiger partial charge in [-0.25, -0.2) is 4.79 Å². The molecule has 0 aliphatic heterocycles. The third kappa shape index (κ3) is 1.40. The van der Waals surface area contributed by atoms with Crippen molar-refractivity contribution in [3.05, 3.63) is 12.9 Å². The summed E-state index contributed by atoms with van der Waals surface area (Å²) in [6, 6.07) is 0. The smallest absolute Gasteiger partial charge is 0.356 e. The van der Waals surface area contributed by atoms with Gasteiger partial charge in [0.05, 0.1) is 7.11 Å². The van der Waals surface area contributed by atoms with E-state index >= 15 is 0 Å². The van der Waals surface area contributed by atoms with E-state index in [0.29, 0.717) is 0 Å². The quantitative estimate of drug-likeness (QED) is 0.417. The van der Waals surface area contributed by atoms with Crippen LogP contribution in [-0.4, -0.2) is 33.3 Å². The number of aromatic nitrogens is 4. The standard InChI is InChI=1S/C5H6N4O2/c1-4(5(10)11-2)9-3-6-7-8-9/h3H,1H2,2H3. The molecule has 11 heavy (non-hydrogen) atoms. The highest BCUT2D eigenvalue weighted by Crippen LogP contribution is 1.97. The molecule has 0 aliphatic rings. The van der Waals surface area contributed by atoms with Crippen LogP contribution < -0.4 is 0 Å². The fourth-order valence-corrected chi connectivity index (χ4v) is 0.496. The second-order valence-electron chi connectivity index (χ2n) is 1.69. The van der Waals surface area contributed by atoms with Crippen molar-refractivity contribution in [1.82, 2.24) is 20.2 Å². The Balaban J connectivity index is 2.79. The van der Waals surface area contributed by atoms with E-state index in [2.05, 4.69) is 26.8 Å². The lowest BCUT2D eigenvalue weighted by atomic mass is 10.5. The molecule has 6 heteroatoms. The Morgan fingerprint density at radius 2 is 2.45 bits per heavy atom. The number of rotatable bonds is 2. The van der Waals surface area contributed by atoms with Crippen LogP contribution in [-0.2, 0) is 9.53 Å². The number of tetrazole rings is 1. The van der Waals surface area contributed by atoms with E-state index in [1.807, 2.05) is 0 Å². The number of nitrogens with zero attached hydrogens (tertiary/aromatic N) is 4. The summed E-state index contributed by atoms with van der Waals surface area (Å²) in [5.41, 5.74) is 0.0810. The van der Waals surface area contributed by atoms with Gasteiger partial charge in [0.1, 0.15) is 12.0 Å². The van der Waals surface area contributed by atoms with Crippen molar-refractivity contribution in [2.75, 3.05) is 7.11 Å². The molecule has 0 radical (unpaired) electrons. The number of carbonyl (C=O) groups is 1. The average Bonchev–Trinajstić information content (AvgIpc) is 2.53. The number of esters is 1. The number of hydrogen-bond donors (Lipinski definition) is 0. The molecule has 0 atom stereocenters. The first-order valence-corrected chi connectivity index (χ1v) is 2.76. The maximum absolute atomic E-state index is 10.8. The highest BCUT2D eigenvalue weighted by atomic mass is 16.5. The van der Waals surface area contributed by atoms with Crippen molar-refractivity contribution >= 4 is 11.7 Å². The predicted octanol–water partition coefficient (Wildman–Crippen LogP) is -0.683. The normalized spacial score (nSPS) is 9.18. The van der Waals surface area contributed by atoms with E-state index in [4.69, 9.17) is 0 Å². The number of ether oxygens (including phenoxy) is 1. The Labute approximate surface area is 62.5 Å². The lowest BCUT2D eigenvalue weighted by Gasteiger charge is -1.98. The van der Waals surface area contributed by atoms with E-state index in [9.17, 15) is 4.79 Å². The van der Waals surface area contributed by atoms with E-state index in [0.717, 1.165) is 4.68 Å². The average molecular weight is 154 g/mol. The molecule has 1 rings (SSSR count). The molecule has 1 heterocycles. The molecule has 0 aromatic carbocycles. The molecule has 0 N–H and O–H groups in total. The molecule has 0 unspecified atom stereocenters. The van der Waals surface area contributed by atoms with Gasteiger partial charge < -0.3 is 4.74 Å². The summed E-state index contributed by atoms with van der Waals surface area (Å²) < 4.78 is 5.51. The molecule has 0 amide bonds. The minimum atomic E-state index is -0.558. The molecular weight excluding hydrogens is 148 g/mol. The Bertz CT molecular complexity index is 266. The maximum atomic E-state index is 10.8. The van der Waals surface area contributed by atoms with Gasteiger partial charge >= 0.3 is 5.97 Å². The minimum absolute atomic E-state index is 0.0810. The highest BCUT2D eigenvalue weighted by Gasteiger charge is 2.08. The monoisotopic (exact) mass is 154 g/mol. The van der Waals surface area contributed by atoms with Gasteiger partial charge in [-0.1, -0.05) is 6.58 Å². The summed E-state index contributed by atoms with van der Waals surface area (Å²) in [5, 5.41) is 10.1. The Morgan fingerprint density at radius 3 is 2.91 bits per heavy atom. The Hall–Kier alpha value is -1.72. The fourth-order valence-electron chi connectivity index (χ4n) is 0.496. The summed E-state index contributed by atoms with van der Waals surface area (Å²) in [7, 11) is 1.26. The molecule has 1 aromatic heterocycles. The van der Waals surface area contributed by atoms with Crippen LogP contribution in [0.25, 0.3) is 5.70 Å². The van der Waals surface area contributed by atoms with Crippen molar-refractivity contribution in [2.45, 2.75) is 0 Å². The summed E-state index contributed by atoms with van der Waals surface area (Å²) in [6.07, 6.45) is 1.26. The second-order valence-corrected chi connectivity index (χ2v) is 1.69.